The summed E-state index contributed by atoms with van der Waals surface area (Å²) < 4.78 is 11.7. The Bertz CT molecular complexity index is 331. The van der Waals surface area contributed by atoms with Crippen molar-refractivity contribution in [3.63, 3.8) is 0 Å². The summed E-state index contributed by atoms with van der Waals surface area (Å²) >= 11 is 0. The van der Waals surface area contributed by atoms with Crippen LogP contribution in [0.2, 0.25) is 52.4 Å². The summed E-state index contributed by atoms with van der Waals surface area (Å²) in [5, 5.41) is 0. The second-order valence-electron chi connectivity index (χ2n) is 7.24. The molecule has 23 heavy (non-hydrogen) atoms. The molecule has 0 aliphatic carbocycles. The fraction of sp³-hybridized carbons (Fsp3) is 0.500. The third kappa shape index (κ3) is 15.7. The van der Waals surface area contributed by atoms with Crippen molar-refractivity contribution in [2.24, 2.45) is 0 Å². The molecule has 0 fully saturated rings. The minimum absolute atomic E-state index is 0. The second kappa shape index (κ2) is 11.1. The van der Waals surface area contributed by atoms with Gasteiger partial charge in [0.25, 0.3) is 0 Å². The molecule has 0 saturated carbocycles. The molecule has 0 unspecified atom stereocenters. The summed E-state index contributed by atoms with van der Waals surface area (Å²) in [7, 11) is -6.78. The van der Waals surface area contributed by atoms with E-state index in [1.165, 1.54) is 0 Å². The first-order valence-electron chi connectivity index (χ1n) is 7.36. The zero-order chi connectivity index (χ0) is 18.2. The summed E-state index contributed by atoms with van der Waals surface area (Å²) in [6.45, 7) is 35.0. The largest absolute Gasteiger partial charge is 0.520 e. The van der Waals surface area contributed by atoms with Gasteiger partial charge < -0.3 is 27.1 Å². The van der Waals surface area contributed by atoms with Crippen molar-refractivity contribution in [3.8, 4) is 0 Å². The van der Waals surface area contributed by atoms with Gasteiger partial charge in [0.1, 0.15) is 0 Å². The average molecular weight is 565 g/mol. The molecule has 0 saturated heterocycles. The Balaban J connectivity index is -0.000000333. The summed E-state index contributed by atoms with van der Waals surface area (Å²) in [4.78, 5) is 0. The maximum atomic E-state index is 5.91. The van der Waals surface area contributed by atoms with Crippen LogP contribution in [0.4, 0.5) is 0 Å². The van der Waals surface area contributed by atoms with Crippen LogP contribution in [0, 0.1) is 18.9 Å². The van der Waals surface area contributed by atoms with E-state index in [0.29, 0.717) is 0 Å². The van der Waals surface area contributed by atoms with E-state index in [9.17, 15) is 0 Å². The van der Waals surface area contributed by atoms with Gasteiger partial charge in [0.2, 0.25) is 0 Å². The number of hydrogen-bond acceptors (Lipinski definition) is 2. The molecule has 0 radical (unpaired) electrons. The maximum Gasteiger partial charge on any atom is 0.196 e. The molecule has 0 heterocycles. The normalized spacial score (nSPS) is 12.2. The molecule has 0 aliphatic rings. The molecular weight excluding hydrogens is 532 g/mol. The molecule has 0 aromatic carbocycles. The first-order chi connectivity index (χ1) is 9.66. The predicted molar refractivity (Wildman–Crippen MR) is 109 cm³/mol. The summed E-state index contributed by atoms with van der Waals surface area (Å²) in [6.07, 6.45) is 0. The molecule has 0 spiro atoms. The van der Waals surface area contributed by atoms with E-state index < -0.39 is 33.3 Å². The minimum Gasteiger partial charge on any atom is -0.520 e. The van der Waals surface area contributed by atoms with Crippen LogP contribution in [0.25, 0.3) is 0 Å². The van der Waals surface area contributed by atoms with E-state index in [-0.39, 0.29) is 21.1 Å². The average Bonchev–Trinajstić information content (AvgIpc) is 2.37. The number of hydrogen-bond donors (Lipinski definition) is 0. The van der Waals surface area contributed by atoms with E-state index in [2.05, 4.69) is 71.2 Å². The first kappa shape index (κ1) is 28.2. The molecule has 0 rings (SSSR count). The Morgan fingerprint density at radius 3 is 1.35 bits per heavy atom. The van der Waals surface area contributed by atoms with Gasteiger partial charge in [-0.25, -0.2) is 0 Å². The van der Waals surface area contributed by atoms with Crippen molar-refractivity contribution in [2.75, 3.05) is 0 Å². The van der Waals surface area contributed by atoms with Gasteiger partial charge in [-0.3, -0.25) is 18.0 Å². The predicted octanol–water partition coefficient (Wildman–Crippen LogP) is 5.13. The van der Waals surface area contributed by atoms with Crippen LogP contribution < -0.4 is 0 Å². The maximum absolute atomic E-state index is 5.91. The van der Waals surface area contributed by atoms with Gasteiger partial charge in [0.15, 0.2) is 25.0 Å². The van der Waals surface area contributed by atoms with Crippen LogP contribution in [0.5, 0.6) is 0 Å². The summed E-state index contributed by atoms with van der Waals surface area (Å²) in [5.41, 5.74) is 8.30. The van der Waals surface area contributed by atoms with Crippen LogP contribution in [0.3, 0.4) is 0 Å². The van der Waals surface area contributed by atoms with Gasteiger partial charge in [-0.15, -0.1) is 6.58 Å². The molecule has 2 nitrogen and oxygen atoms in total. The molecule has 0 aromatic heterocycles. The van der Waals surface area contributed by atoms with Crippen molar-refractivity contribution in [3.05, 3.63) is 49.1 Å². The first-order valence-corrected chi connectivity index (χ1v) is 19.2. The smallest absolute Gasteiger partial charge is 0.196 e. The van der Waals surface area contributed by atoms with E-state index >= 15 is 0 Å². The van der Waals surface area contributed by atoms with Crippen LogP contribution in [0.15, 0.2) is 30.3 Å². The van der Waals surface area contributed by atoms with Gasteiger partial charge in [-0.2, -0.15) is 0 Å². The van der Waals surface area contributed by atoms with Crippen LogP contribution in [0.1, 0.15) is 0 Å². The Morgan fingerprint density at radius 2 is 1.13 bits per heavy atom. The van der Waals surface area contributed by atoms with E-state index in [4.69, 9.17) is 21.4 Å². The fourth-order valence-electron chi connectivity index (χ4n) is 1.48. The summed E-state index contributed by atoms with van der Waals surface area (Å²) in [6, 6.07) is 0. The minimum atomic E-state index is -1.73. The van der Waals surface area contributed by atoms with E-state index in [1.54, 1.807) is 11.4 Å². The molecule has 0 amide bonds. The third-order valence-corrected chi connectivity index (χ3v) is 14.6. The van der Waals surface area contributed by atoms with Gasteiger partial charge >= 0.3 is 0 Å². The standard InChI is InChI=1S/C8H17OSi2.C8H16OSi2.Pt/c2*1-7-10(3,4)9-11(5,6)8-2;/h7H,1-2H2,3-6H3;1-2,7-8H,3-6H3;/q-1;-2;. The Labute approximate surface area is 163 Å². The molecule has 138 valence electrons. The van der Waals surface area contributed by atoms with Gasteiger partial charge in [-0.05, 0) is 39.3 Å². The molecule has 0 bridgehead atoms. The van der Waals surface area contributed by atoms with Gasteiger partial charge in [-0.1, -0.05) is 18.8 Å². The fourth-order valence-corrected chi connectivity index (χ4v) is 13.3. The third-order valence-electron chi connectivity index (χ3n) is 2.76. The Hall–Kier alpha value is 0.436. The van der Waals surface area contributed by atoms with Crippen molar-refractivity contribution >= 4 is 33.3 Å². The zero-order valence-electron chi connectivity index (χ0n) is 15.9. The quantitative estimate of drug-likeness (QED) is 0.301. The molecule has 0 atom stereocenters. The van der Waals surface area contributed by atoms with E-state index in [1.807, 2.05) is 5.70 Å². The Kier molecular flexibility index (Phi) is 13.7. The monoisotopic (exact) mass is 564 g/mol. The van der Waals surface area contributed by atoms with Crippen molar-refractivity contribution in [1.29, 1.82) is 0 Å². The van der Waals surface area contributed by atoms with Crippen LogP contribution in [-0.4, -0.2) is 33.3 Å². The zero-order valence-corrected chi connectivity index (χ0v) is 22.2. The van der Waals surface area contributed by atoms with Crippen molar-refractivity contribution in [1.82, 2.24) is 0 Å². The SMILES string of the molecule is C=[C-][Si](C)(C)O[Si](C)(C)C=C.[CH-]=C[Si](C)(C)O[Si](C)(C)C=[CH-].[Pt]. The van der Waals surface area contributed by atoms with Crippen LogP contribution in [-0.2, 0) is 29.3 Å². The van der Waals surface area contributed by atoms with E-state index in [0.717, 1.165) is 0 Å². The number of rotatable bonds is 8. The molecule has 0 aliphatic heterocycles. The van der Waals surface area contributed by atoms with Crippen molar-refractivity contribution in [2.45, 2.75) is 52.4 Å². The van der Waals surface area contributed by atoms with Gasteiger partial charge in [0.05, 0.1) is 0 Å². The topological polar surface area (TPSA) is 18.5 Å². The Morgan fingerprint density at radius 1 is 0.783 bits per heavy atom. The molecule has 0 N–H and O–H groups in total. The molecule has 0 aromatic rings. The molecular formula is C16H33O2PtSi4-3. The van der Waals surface area contributed by atoms with Crippen molar-refractivity contribution < 1.29 is 29.3 Å². The molecule has 7 heteroatoms. The second-order valence-corrected chi connectivity index (χ2v) is 22.9. The summed E-state index contributed by atoms with van der Waals surface area (Å²) in [5.74, 6) is 0. The van der Waals surface area contributed by atoms with Crippen LogP contribution >= 0.6 is 0 Å². The van der Waals surface area contributed by atoms with Gasteiger partial charge in [0, 0.05) is 29.4 Å².